The average molecular weight is 508 g/mol. The van der Waals surface area contributed by atoms with Gasteiger partial charge in [-0.15, -0.1) is 0 Å². The molecule has 2 aromatic rings. The molecule has 1 nitrogen and oxygen atoms in total. The van der Waals surface area contributed by atoms with Crippen LogP contribution in [-0.2, 0) is 6.42 Å². The predicted octanol–water partition coefficient (Wildman–Crippen LogP) is 5.86. The van der Waals surface area contributed by atoms with E-state index in [9.17, 15) is 0 Å². The maximum absolute atomic E-state index is 5.76. The normalized spacial score (nSPS) is 18.5. The van der Waals surface area contributed by atoms with Crippen molar-refractivity contribution >= 4 is 54.5 Å². The van der Waals surface area contributed by atoms with Crippen LogP contribution < -0.4 is 4.74 Å². The first-order valence-electron chi connectivity index (χ1n) is 6.43. The summed E-state index contributed by atoms with van der Waals surface area (Å²) in [6, 6.07) is 12.9. The van der Waals surface area contributed by atoms with Gasteiger partial charge >= 0.3 is 0 Å². The fourth-order valence-corrected chi connectivity index (χ4v) is 4.45. The standard InChI is InChI=1S/C16H13Br2IO/c1-9-6-11-7-10(2-5-15(11)20-9)16(18)13-8-12(19)3-4-14(13)17/h2-5,7-9,16H,6H2,1H3. The van der Waals surface area contributed by atoms with Crippen LogP contribution in [0.25, 0.3) is 0 Å². The van der Waals surface area contributed by atoms with Crippen molar-refractivity contribution in [3.63, 3.8) is 0 Å². The summed E-state index contributed by atoms with van der Waals surface area (Å²) in [5.74, 6) is 1.03. The largest absolute Gasteiger partial charge is 0.490 e. The SMILES string of the molecule is CC1Cc2cc(C(Br)c3cc(I)ccc3Br)ccc2O1. The Morgan fingerprint density at radius 2 is 2.05 bits per heavy atom. The number of halogens is 3. The van der Waals surface area contributed by atoms with Gasteiger partial charge < -0.3 is 4.74 Å². The van der Waals surface area contributed by atoms with E-state index in [1.807, 2.05) is 0 Å². The molecule has 0 N–H and O–H groups in total. The third-order valence-corrected chi connectivity index (χ3v) is 5.86. The summed E-state index contributed by atoms with van der Waals surface area (Å²) in [7, 11) is 0. The van der Waals surface area contributed by atoms with Crippen molar-refractivity contribution in [2.24, 2.45) is 0 Å². The third-order valence-electron chi connectivity index (χ3n) is 3.44. The zero-order chi connectivity index (χ0) is 14.3. The molecule has 1 aliphatic heterocycles. The highest BCUT2D eigenvalue weighted by Gasteiger charge is 2.21. The van der Waals surface area contributed by atoms with Crippen LogP contribution in [0.3, 0.4) is 0 Å². The maximum atomic E-state index is 5.76. The molecule has 0 spiro atoms. The maximum Gasteiger partial charge on any atom is 0.123 e. The van der Waals surface area contributed by atoms with Crippen LogP contribution in [0, 0.1) is 3.57 Å². The smallest absolute Gasteiger partial charge is 0.123 e. The Bertz CT molecular complexity index is 657. The van der Waals surface area contributed by atoms with Gasteiger partial charge in [-0.2, -0.15) is 0 Å². The van der Waals surface area contributed by atoms with Crippen molar-refractivity contribution in [1.29, 1.82) is 0 Å². The zero-order valence-electron chi connectivity index (χ0n) is 10.9. The predicted molar refractivity (Wildman–Crippen MR) is 97.9 cm³/mol. The molecule has 0 saturated heterocycles. The summed E-state index contributed by atoms with van der Waals surface area (Å²) < 4.78 is 8.13. The lowest BCUT2D eigenvalue weighted by Crippen LogP contribution is -2.05. The van der Waals surface area contributed by atoms with Gasteiger partial charge in [0.15, 0.2) is 0 Å². The van der Waals surface area contributed by atoms with E-state index in [1.54, 1.807) is 0 Å². The Hall–Kier alpha value is -0.0700. The van der Waals surface area contributed by atoms with E-state index in [0.717, 1.165) is 16.6 Å². The van der Waals surface area contributed by atoms with Crippen LogP contribution in [0.2, 0.25) is 0 Å². The van der Waals surface area contributed by atoms with E-state index in [1.165, 1.54) is 20.3 Å². The second-order valence-electron chi connectivity index (χ2n) is 5.03. The molecule has 4 heteroatoms. The van der Waals surface area contributed by atoms with Crippen LogP contribution in [-0.4, -0.2) is 6.10 Å². The minimum atomic E-state index is 0.188. The van der Waals surface area contributed by atoms with E-state index < -0.39 is 0 Å². The Morgan fingerprint density at radius 3 is 2.85 bits per heavy atom. The summed E-state index contributed by atoms with van der Waals surface area (Å²) in [5.41, 5.74) is 3.83. The van der Waals surface area contributed by atoms with E-state index in [0.29, 0.717) is 6.10 Å². The lowest BCUT2D eigenvalue weighted by atomic mass is 10.0. The summed E-state index contributed by atoms with van der Waals surface area (Å²) in [6.07, 6.45) is 1.29. The fraction of sp³-hybridized carbons (Fsp3) is 0.250. The number of fused-ring (bicyclic) bond motifs is 1. The van der Waals surface area contributed by atoms with Crippen LogP contribution in [0.15, 0.2) is 40.9 Å². The minimum absolute atomic E-state index is 0.188. The Labute approximate surface area is 149 Å². The van der Waals surface area contributed by atoms with Gasteiger partial charge in [0.25, 0.3) is 0 Å². The zero-order valence-corrected chi connectivity index (χ0v) is 16.2. The molecule has 2 unspecified atom stereocenters. The number of alkyl halides is 1. The topological polar surface area (TPSA) is 9.23 Å². The minimum Gasteiger partial charge on any atom is -0.490 e. The van der Waals surface area contributed by atoms with Crippen LogP contribution >= 0.6 is 54.5 Å². The Morgan fingerprint density at radius 1 is 1.25 bits per heavy atom. The van der Waals surface area contributed by atoms with Crippen LogP contribution in [0.4, 0.5) is 0 Å². The van der Waals surface area contributed by atoms with E-state index in [-0.39, 0.29) is 4.83 Å². The van der Waals surface area contributed by atoms with Crippen LogP contribution in [0.5, 0.6) is 5.75 Å². The molecule has 0 saturated carbocycles. The molecular formula is C16H13Br2IO. The molecule has 0 aliphatic carbocycles. The molecule has 0 bridgehead atoms. The first-order valence-corrected chi connectivity index (χ1v) is 9.22. The van der Waals surface area contributed by atoms with Crippen LogP contribution in [0.1, 0.15) is 28.4 Å². The number of ether oxygens (including phenoxy) is 1. The summed E-state index contributed by atoms with van der Waals surface area (Å²) >= 11 is 9.82. The molecule has 1 aliphatic rings. The second kappa shape index (κ2) is 5.97. The van der Waals surface area contributed by atoms with Crippen molar-refractivity contribution in [3.8, 4) is 5.75 Å². The molecule has 2 atom stereocenters. The highest BCUT2D eigenvalue weighted by atomic mass is 127. The van der Waals surface area contributed by atoms with Gasteiger partial charge in [0.1, 0.15) is 11.9 Å². The molecule has 1 heterocycles. The van der Waals surface area contributed by atoms with Crippen molar-refractivity contribution in [2.75, 3.05) is 0 Å². The van der Waals surface area contributed by atoms with Gasteiger partial charge in [0.05, 0.1) is 4.83 Å². The van der Waals surface area contributed by atoms with E-state index in [4.69, 9.17) is 4.74 Å². The van der Waals surface area contributed by atoms with Gasteiger partial charge in [-0.25, -0.2) is 0 Å². The lowest BCUT2D eigenvalue weighted by Gasteiger charge is -2.14. The lowest BCUT2D eigenvalue weighted by molar-refractivity contribution is 0.254. The summed E-state index contributed by atoms with van der Waals surface area (Å²) in [4.78, 5) is 0.188. The van der Waals surface area contributed by atoms with Crippen molar-refractivity contribution in [2.45, 2.75) is 24.3 Å². The molecule has 2 aromatic carbocycles. The molecule has 0 radical (unpaired) electrons. The molecular weight excluding hydrogens is 495 g/mol. The quantitative estimate of drug-likeness (QED) is 0.365. The van der Waals surface area contributed by atoms with Gasteiger partial charge in [-0.3, -0.25) is 0 Å². The van der Waals surface area contributed by atoms with Gasteiger partial charge in [-0.1, -0.05) is 44.0 Å². The van der Waals surface area contributed by atoms with Gasteiger partial charge in [0.2, 0.25) is 0 Å². The number of rotatable bonds is 2. The Balaban J connectivity index is 1.97. The number of benzene rings is 2. The molecule has 0 aromatic heterocycles. The van der Waals surface area contributed by atoms with E-state index >= 15 is 0 Å². The monoisotopic (exact) mass is 506 g/mol. The summed E-state index contributed by atoms with van der Waals surface area (Å²) in [6.45, 7) is 2.11. The van der Waals surface area contributed by atoms with Crippen molar-refractivity contribution in [1.82, 2.24) is 0 Å². The number of hydrogen-bond donors (Lipinski definition) is 0. The Kier molecular flexibility index (Phi) is 4.43. The molecule has 104 valence electrons. The fourth-order valence-electron chi connectivity index (χ4n) is 2.49. The first kappa shape index (κ1) is 14.9. The molecule has 3 rings (SSSR count). The van der Waals surface area contributed by atoms with Gasteiger partial charge in [-0.05, 0) is 70.5 Å². The summed E-state index contributed by atoms with van der Waals surface area (Å²) in [5, 5.41) is 0. The molecule has 20 heavy (non-hydrogen) atoms. The molecule has 0 amide bonds. The van der Waals surface area contributed by atoms with Crippen molar-refractivity contribution < 1.29 is 4.74 Å². The number of hydrogen-bond acceptors (Lipinski definition) is 1. The highest BCUT2D eigenvalue weighted by molar-refractivity contribution is 14.1. The third kappa shape index (κ3) is 2.92. The average Bonchev–Trinajstić information content (AvgIpc) is 2.79. The van der Waals surface area contributed by atoms with E-state index in [2.05, 4.69) is 97.8 Å². The first-order chi connectivity index (χ1) is 9.54. The highest BCUT2D eigenvalue weighted by Crippen LogP contribution is 2.39. The van der Waals surface area contributed by atoms with Gasteiger partial charge in [0, 0.05) is 14.5 Å². The second-order valence-corrected chi connectivity index (χ2v) is 8.04. The molecule has 0 fully saturated rings. The van der Waals surface area contributed by atoms with Crippen molar-refractivity contribution in [3.05, 3.63) is 61.1 Å².